The predicted octanol–water partition coefficient (Wildman–Crippen LogP) is 1.20. The molecule has 0 aromatic rings. The Morgan fingerprint density at radius 2 is 1.44 bits per heavy atom. The van der Waals surface area contributed by atoms with Gasteiger partial charge in [0.25, 0.3) is 0 Å². The highest BCUT2D eigenvalue weighted by Gasteiger charge is 2.26. The van der Waals surface area contributed by atoms with E-state index in [0.29, 0.717) is 12.2 Å². The fourth-order valence-electron chi connectivity index (χ4n) is 1.43. The maximum atomic E-state index is 5.19. The van der Waals surface area contributed by atoms with Crippen molar-refractivity contribution in [3.05, 3.63) is 0 Å². The van der Waals surface area contributed by atoms with E-state index >= 15 is 0 Å². The van der Waals surface area contributed by atoms with Crippen LogP contribution in [-0.2, 0) is 9.47 Å². The van der Waals surface area contributed by atoms with E-state index in [2.05, 4.69) is 0 Å². The molecule has 9 heavy (non-hydrogen) atoms. The Morgan fingerprint density at radius 3 is 1.78 bits per heavy atom. The van der Waals surface area contributed by atoms with Crippen LogP contribution < -0.4 is 0 Å². The maximum absolute atomic E-state index is 5.19. The highest BCUT2D eigenvalue weighted by atomic mass is 16.5. The third kappa shape index (κ3) is 1.43. The van der Waals surface area contributed by atoms with Gasteiger partial charge in [0.1, 0.15) is 0 Å². The smallest absolute Gasteiger partial charge is 0.0832 e. The highest BCUT2D eigenvalue weighted by molar-refractivity contribution is 4.77. The van der Waals surface area contributed by atoms with Gasteiger partial charge in [-0.2, -0.15) is 0 Å². The molecule has 0 spiro atoms. The second kappa shape index (κ2) is 3.18. The van der Waals surface area contributed by atoms with Crippen LogP contribution in [0.25, 0.3) is 0 Å². The Balaban J connectivity index is 2.32. The monoisotopic (exact) mass is 130 g/mol. The molecule has 1 saturated carbocycles. The number of rotatable bonds is 2. The number of methoxy groups -OCH3 is 2. The molecule has 2 heteroatoms. The van der Waals surface area contributed by atoms with E-state index in [4.69, 9.17) is 9.47 Å². The number of hydrogen-bond donors (Lipinski definition) is 0. The molecule has 1 aliphatic carbocycles. The Hall–Kier alpha value is -0.0800. The lowest BCUT2D eigenvalue weighted by molar-refractivity contribution is -0.0157. The molecule has 0 heterocycles. The van der Waals surface area contributed by atoms with Gasteiger partial charge in [0.15, 0.2) is 0 Å². The fraction of sp³-hybridized carbons (Fsp3) is 1.00. The lowest BCUT2D eigenvalue weighted by atomic mass is 10.3. The molecule has 2 nitrogen and oxygen atoms in total. The van der Waals surface area contributed by atoms with Crippen LogP contribution in [-0.4, -0.2) is 26.4 Å². The minimum atomic E-state index is 0.356. The second-order valence-corrected chi connectivity index (χ2v) is 2.48. The van der Waals surface area contributed by atoms with E-state index < -0.39 is 0 Å². The molecule has 54 valence electrons. The van der Waals surface area contributed by atoms with E-state index in [1.807, 2.05) is 0 Å². The summed E-state index contributed by atoms with van der Waals surface area (Å²) in [6.45, 7) is 0. The largest absolute Gasteiger partial charge is 0.379 e. The van der Waals surface area contributed by atoms with Crippen LogP contribution in [0.3, 0.4) is 0 Å². The molecule has 1 aliphatic rings. The van der Waals surface area contributed by atoms with Crippen LogP contribution in [0.1, 0.15) is 19.3 Å². The zero-order chi connectivity index (χ0) is 6.69. The van der Waals surface area contributed by atoms with Crippen molar-refractivity contribution in [2.45, 2.75) is 31.5 Å². The summed E-state index contributed by atoms with van der Waals surface area (Å²) in [5.41, 5.74) is 0. The lowest BCUT2D eigenvalue weighted by Crippen LogP contribution is -2.23. The van der Waals surface area contributed by atoms with Gasteiger partial charge in [-0.1, -0.05) is 0 Å². The van der Waals surface area contributed by atoms with E-state index in [0.717, 1.165) is 12.8 Å². The summed E-state index contributed by atoms with van der Waals surface area (Å²) in [4.78, 5) is 0. The van der Waals surface area contributed by atoms with Crippen molar-refractivity contribution in [1.82, 2.24) is 0 Å². The van der Waals surface area contributed by atoms with Crippen LogP contribution in [0.4, 0.5) is 0 Å². The van der Waals surface area contributed by atoms with Gasteiger partial charge in [-0.25, -0.2) is 0 Å². The summed E-state index contributed by atoms with van der Waals surface area (Å²) < 4.78 is 10.4. The van der Waals surface area contributed by atoms with Crippen molar-refractivity contribution in [3.8, 4) is 0 Å². The highest BCUT2D eigenvalue weighted by Crippen LogP contribution is 2.23. The van der Waals surface area contributed by atoms with Crippen molar-refractivity contribution in [2.24, 2.45) is 0 Å². The molecule has 0 bridgehead atoms. The Kier molecular flexibility index (Phi) is 2.49. The Labute approximate surface area is 56.2 Å². The molecule has 1 fully saturated rings. The van der Waals surface area contributed by atoms with E-state index in [9.17, 15) is 0 Å². The van der Waals surface area contributed by atoms with Gasteiger partial charge in [0.2, 0.25) is 0 Å². The minimum absolute atomic E-state index is 0.356. The summed E-state index contributed by atoms with van der Waals surface area (Å²) in [7, 11) is 3.50. The Bertz CT molecular complexity index is 73.0. The van der Waals surface area contributed by atoms with Crippen LogP contribution in [0.2, 0.25) is 0 Å². The first-order valence-electron chi connectivity index (χ1n) is 3.44. The topological polar surface area (TPSA) is 18.5 Å². The first-order valence-corrected chi connectivity index (χ1v) is 3.44. The van der Waals surface area contributed by atoms with Crippen molar-refractivity contribution < 1.29 is 9.47 Å². The van der Waals surface area contributed by atoms with Crippen LogP contribution in [0.5, 0.6) is 0 Å². The van der Waals surface area contributed by atoms with Crippen LogP contribution in [0.15, 0.2) is 0 Å². The van der Waals surface area contributed by atoms with Crippen molar-refractivity contribution >= 4 is 0 Å². The summed E-state index contributed by atoms with van der Waals surface area (Å²) in [5, 5.41) is 0. The molecule has 0 unspecified atom stereocenters. The van der Waals surface area contributed by atoms with Gasteiger partial charge in [0.05, 0.1) is 12.2 Å². The quantitative estimate of drug-likeness (QED) is 0.559. The van der Waals surface area contributed by atoms with Gasteiger partial charge >= 0.3 is 0 Å². The summed E-state index contributed by atoms with van der Waals surface area (Å²) in [6.07, 6.45) is 4.28. The maximum Gasteiger partial charge on any atom is 0.0832 e. The molecule has 0 N–H and O–H groups in total. The third-order valence-electron chi connectivity index (χ3n) is 2.00. The van der Waals surface area contributed by atoms with Crippen molar-refractivity contribution in [3.63, 3.8) is 0 Å². The first kappa shape index (κ1) is 7.03. The van der Waals surface area contributed by atoms with Crippen LogP contribution >= 0.6 is 0 Å². The first-order chi connectivity index (χ1) is 4.38. The molecule has 2 atom stereocenters. The predicted molar refractivity (Wildman–Crippen MR) is 35.4 cm³/mol. The van der Waals surface area contributed by atoms with E-state index in [1.165, 1.54) is 6.42 Å². The molecule has 0 aromatic carbocycles. The molecule has 0 amide bonds. The molecular formula is C7H14O2. The lowest BCUT2D eigenvalue weighted by Gasteiger charge is -2.15. The standard InChI is InChI=1S/C7H14O2/c1-8-6-4-3-5-7(6)9-2/h6-7H,3-5H2,1-2H3/t6-,7-/m1/s1. The molecule has 0 saturated heterocycles. The van der Waals surface area contributed by atoms with Gasteiger partial charge in [-0.05, 0) is 19.3 Å². The van der Waals surface area contributed by atoms with Gasteiger partial charge in [-0.3, -0.25) is 0 Å². The normalized spacial score (nSPS) is 35.3. The molecular weight excluding hydrogens is 116 g/mol. The number of ether oxygens (including phenoxy) is 2. The average Bonchev–Trinajstić information content (AvgIpc) is 2.33. The molecule has 1 rings (SSSR count). The van der Waals surface area contributed by atoms with Gasteiger partial charge in [-0.15, -0.1) is 0 Å². The molecule has 0 radical (unpaired) electrons. The second-order valence-electron chi connectivity index (χ2n) is 2.48. The summed E-state index contributed by atoms with van der Waals surface area (Å²) >= 11 is 0. The van der Waals surface area contributed by atoms with Crippen molar-refractivity contribution in [1.29, 1.82) is 0 Å². The average molecular weight is 130 g/mol. The van der Waals surface area contributed by atoms with Gasteiger partial charge in [0, 0.05) is 14.2 Å². The fourth-order valence-corrected chi connectivity index (χ4v) is 1.43. The van der Waals surface area contributed by atoms with E-state index in [1.54, 1.807) is 14.2 Å². The minimum Gasteiger partial charge on any atom is -0.379 e. The number of hydrogen-bond acceptors (Lipinski definition) is 2. The summed E-state index contributed by atoms with van der Waals surface area (Å²) in [5.74, 6) is 0. The molecule has 0 aliphatic heterocycles. The zero-order valence-corrected chi connectivity index (χ0v) is 6.09. The van der Waals surface area contributed by atoms with Crippen LogP contribution in [0, 0.1) is 0 Å². The zero-order valence-electron chi connectivity index (χ0n) is 6.09. The molecule has 0 aromatic heterocycles. The SMILES string of the molecule is CO[C@@H]1CCC[C@H]1OC. The summed E-state index contributed by atoms with van der Waals surface area (Å²) in [6, 6.07) is 0. The Morgan fingerprint density at radius 1 is 1.00 bits per heavy atom. The van der Waals surface area contributed by atoms with E-state index in [-0.39, 0.29) is 0 Å². The van der Waals surface area contributed by atoms with Gasteiger partial charge < -0.3 is 9.47 Å². The third-order valence-corrected chi connectivity index (χ3v) is 2.00. The van der Waals surface area contributed by atoms with Crippen molar-refractivity contribution in [2.75, 3.05) is 14.2 Å².